The van der Waals surface area contributed by atoms with E-state index >= 15 is 0 Å². The molecule has 0 saturated carbocycles. The lowest BCUT2D eigenvalue weighted by Crippen LogP contribution is -2.27. The maximum Gasteiger partial charge on any atom is 0.226 e. The first-order valence-electron chi connectivity index (χ1n) is 7.58. The Bertz CT molecular complexity index is 748. The number of aromatic nitrogens is 2. The highest BCUT2D eigenvalue weighted by atomic mass is 32.1. The highest BCUT2D eigenvalue weighted by Gasteiger charge is 2.07. The van der Waals surface area contributed by atoms with Crippen molar-refractivity contribution in [3.63, 3.8) is 0 Å². The third-order valence-corrected chi connectivity index (χ3v) is 4.19. The minimum Gasteiger partial charge on any atom is -0.494 e. The quantitative estimate of drug-likeness (QED) is 0.678. The van der Waals surface area contributed by atoms with Gasteiger partial charge in [0.25, 0.3) is 0 Å². The third-order valence-electron chi connectivity index (χ3n) is 3.42. The van der Waals surface area contributed by atoms with Gasteiger partial charge in [-0.15, -0.1) is 11.3 Å². The second kappa shape index (κ2) is 7.28. The van der Waals surface area contributed by atoms with Gasteiger partial charge < -0.3 is 10.1 Å². The van der Waals surface area contributed by atoms with Crippen molar-refractivity contribution in [3.8, 4) is 5.75 Å². The predicted octanol–water partition coefficient (Wildman–Crippen LogP) is 2.83. The van der Waals surface area contributed by atoms with Gasteiger partial charge in [-0.3, -0.25) is 9.20 Å². The maximum absolute atomic E-state index is 11.9. The molecule has 2 heterocycles. The van der Waals surface area contributed by atoms with Crippen molar-refractivity contribution >= 4 is 22.2 Å². The number of nitrogens with one attached hydrogen (secondary N) is 1. The summed E-state index contributed by atoms with van der Waals surface area (Å²) in [6.45, 7) is 3.24. The number of hydrogen-bond donors (Lipinski definition) is 1. The summed E-state index contributed by atoms with van der Waals surface area (Å²) in [7, 11) is 0. The average Bonchev–Trinajstić information content (AvgIpc) is 3.10. The largest absolute Gasteiger partial charge is 0.494 e. The van der Waals surface area contributed by atoms with Gasteiger partial charge in [-0.2, -0.15) is 0 Å². The summed E-state index contributed by atoms with van der Waals surface area (Å²) in [4.78, 5) is 17.2. The van der Waals surface area contributed by atoms with E-state index in [4.69, 9.17) is 4.74 Å². The molecule has 6 heteroatoms. The SMILES string of the molecule is Cc1ccc(OCCCNC(=O)Cc2cn3ccsc3n2)cc1. The molecule has 0 atom stereocenters. The molecule has 0 bridgehead atoms. The Kier molecular flexibility index (Phi) is 4.92. The van der Waals surface area contributed by atoms with Crippen LogP contribution in [-0.4, -0.2) is 28.4 Å². The Morgan fingerprint density at radius 3 is 2.96 bits per heavy atom. The summed E-state index contributed by atoms with van der Waals surface area (Å²) in [5, 5.41) is 4.87. The molecular weight excluding hydrogens is 310 g/mol. The molecule has 3 aromatic rings. The number of aryl methyl sites for hydroxylation is 1. The van der Waals surface area contributed by atoms with Gasteiger partial charge in [-0.25, -0.2) is 4.98 Å². The fourth-order valence-corrected chi connectivity index (χ4v) is 2.93. The zero-order chi connectivity index (χ0) is 16.1. The molecule has 1 N–H and O–H groups in total. The Morgan fingerprint density at radius 2 is 2.17 bits per heavy atom. The molecule has 0 aliphatic rings. The molecule has 0 unspecified atom stereocenters. The average molecular weight is 329 g/mol. The molecule has 5 nitrogen and oxygen atoms in total. The topological polar surface area (TPSA) is 55.6 Å². The van der Waals surface area contributed by atoms with E-state index in [1.165, 1.54) is 5.56 Å². The molecule has 0 fully saturated rings. The number of thiazole rings is 1. The van der Waals surface area contributed by atoms with Crippen molar-refractivity contribution in [3.05, 3.63) is 53.3 Å². The first kappa shape index (κ1) is 15.6. The Balaban J connectivity index is 1.34. The summed E-state index contributed by atoms with van der Waals surface area (Å²) in [5.74, 6) is 0.853. The number of carbonyl (C=O) groups excluding carboxylic acids is 1. The molecule has 0 aliphatic heterocycles. The summed E-state index contributed by atoms with van der Waals surface area (Å²) in [6.07, 6.45) is 4.92. The minimum atomic E-state index is -0.00825. The monoisotopic (exact) mass is 329 g/mol. The number of fused-ring (bicyclic) bond motifs is 1. The molecule has 0 saturated heterocycles. The number of benzene rings is 1. The van der Waals surface area contributed by atoms with Crippen molar-refractivity contribution in [1.29, 1.82) is 0 Å². The lowest BCUT2D eigenvalue weighted by atomic mass is 10.2. The number of hydrogen-bond acceptors (Lipinski definition) is 4. The van der Waals surface area contributed by atoms with Crippen LogP contribution in [0.25, 0.3) is 4.96 Å². The van der Waals surface area contributed by atoms with Gasteiger partial charge in [0.15, 0.2) is 4.96 Å². The number of ether oxygens (including phenoxy) is 1. The molecular formula is C17H19N3O2S. The zero-order valence-corrected chi connectivity index (χ0v) is 13.8. The van der Waals surface area contributed by atoms with Crippen LogP contribution in [0.15, 0.2) is 42.0 Å². The van der Waals surface area contributed by atoms with E-state index in [0.29, 0.717) is 19.6 Å². The number of amides is 1. The zero-order valence-electron chi connectivity index (χ0n) is 13.0. The lowest BCUT2D eigenvalue weighted by molar-refractivity contribution is -0.120. The molecule has 3 rings (SSSR count). The van der Waals surface area contributed by atoms with Crippen LogP contribution in [0, 0.1) is 6.92 Å². The van der Waals surface area contributed by atoms with Crippen LogP contribution in [0.4, 0.5) is 0 Å². The van der Waals surface area contributed by atoms with Crippen LogP contribution < -0.4 is 10.1 Å². The molecule has 1 amide bonds. The molecule has 120 valence electrons. The first-order chi connectivity index (χ1) is 11.2. The van der Waals surface area contributed by atoms with Gasteiger partial charge in [0.1, 0.15) is 5.75 Å². The standard InChI is InChI=1S/C17H19N3O2S/c1-13-3-5-15(6-4-13)22-9-2-7-18-16(21)11-14-12-20-8-10-23-17(20)19-14/h3-6,8,10,12H,2,7,9,11H2,1H3,(H,18,21). The highest BCUT2D eigenvalue weighted by Crippen LogP contribution is 2.12. The first-order valence-corrected chi connectivity index (χ1v) is 8.46. The van der Waals surface area contributed by atoms with E-state index in [1.54, 1.807) is 11.3 Å². The molecule has 0 radical (unpaired) electrons. The number of rotatable bonds is 7. The van der Waals surface area contributed by atoms with Gasteiger partial charge >= 0.3 is 0 Å². The van der Waals surface area contributed by atoms with Crippen LogP contribution in [0.3, 0.4) is 0 Å². The number of carbonyl (C=O) groups is 1. The summed E-state index contributed by atoms with van der Waals surface area (Å²) >= 11 is 1.56. The van der Waals surface area contributed by atoms with Crippen molar-refractivity contribution in [1.82, 2.24) is 14.7 Å². The van der Waals surface area contributed by atoms with E-state index < -0.39 is 0 Å². The van der Waals surface area contributed by atoms with Gasteiger partial charge in [-0.1, -0.05) is 17.7 Å². The highest BCUT2D eigenvalue weighted by molar-refractivity contribution is 7.15. The van der Waals surface area contributed by atoms with Crippen LogP contribution >= 0.6 is 11.3 Å². The van der Waals surface area contributed by atoms with Crippen LogP contribution in [0.2, 0.25) is 0 Å². The maximum atomic E-state index is 11.9. The predicted molar refractivity (Wildman–Crippen MR) is 91.1 cm³/mol. The Morgan fingerprint density at radius 1 is 1.35 bits per heavy atom. The number of imidazole rings is 1. The van der Waals surface area contributed by atoms with Gasteiger partial charge in [0.2, 0.25) is 5.91 Å². The molecule has 1 aromatic carbocycles. The fraction of sp³-hybridized carbons (Fsp3) is 0.294. The summed E-state index contributed by atoms with van der Waals surface area (Å²) < 4.78 is 7.56. The second-order valence-electron chi connectivity index (χ2n) is 5.37. The molecule has 0 spiro atoms. The minimum absolute atomic E-state index is 0.00825. The van der Waals surface area contributed by atoms with Gasteiger partial charge in [0.05, 0.1) is 18.7 Å². The molecule has 0 aliphatic carbocycles. The van der Waals surface area contributed by atoms with Crippen molar-refractivity contribution in [2.45, 2.75) is 19.8 Å². The van der Waals surface area contributed by atoms with E-state index in [2.05, 4.69) is 10.3 Å². The molecule has 2 aromatic heterocycles. The van der Waals surface area contributed by atoms with Gasteiger partial charge in [-0.05, 0) is 25.5 Å². The smallest absolute Gasteiger partial charge is 0.226 e. The molecule has 23 heavy (non-hydrogen) atoms. The van der Waals surface area contributed by atoms with Crippen LogP contribution in [-0.2, 0) is 11.2 Å². The fourth-order valence-electron chi connectivity index (χ4n) is 2.21. The Hall–Kier alpha value is -2.34. The third kappa shape index (κ3) is 4.32. The van der Waals surface area contributed by atoms with Crippen LogP contribution in [0.5, 0.6) is 5.75 Å². The van der Waals surface area contributed by atoms with E-state index in [1.807, 2.05) is 53.4 Å². The van der Waals surface area contributed by atoms with E-state index in [-0.39, 0.29) is 5.91 Å². The summed E-state index contributed by atoms with van der Waals surface area (Å²) in [5.41, 5.74) is 2.01. The Labute approximate surface area is 138 Å². The van der Waals surface area contributed by atoms with E-state index in [9.17, 15) is 4.79 Å². The van der Waals surface area contributed by atoms with Crippen LogP contribution in [0.1, 0.15) is 17.7 Å². The van der Waals surface area contributed by atoms with Crippen molar-refractivity contribution in [2.75, 3.05) is 13.2 Å². The van der Waals surface area contributed by atoms with Crippen molar-refractivity contribution in [2.24, 2.45) is 0 Å². The van der Waals surface area contributed by atoms with Crippen molar-refractivity contribution < 1.29 is 9.53 Å². The number of nitrogens with zero attached hydrogens (tertiary/aromatic N) is 2. The summed E-state index contributed by atoms with van der Waals surface area (Å²) in [6, 6.07) is 7.95. The normalized spacial score (nSPS) is 10.8. The van der Waals surface area contributed by atoms with Gasteiger partial charge in [0, 0.05) is 24.3 Å². The second-order valence-corrected chi connectivity index (χ2v) is 6.24. The van der Waals surface area contributed by atoms with E-state index in [0.717, 1.165) is 22.8 Å². The lowest BCUT2D eigenvalue weighted by Gasteiger charge is -2.07.